The number of amides is 3. The number of benzene rings is 2. The van der Waals surface area contributed by atoms with Crippen LogP contribution in [0.15, 0.2) is 43.0 Å². The van der Waals surface area contributed by atoms with E-state index in [-0.39, 0.29) is 29.1 Å². The molecule has 0 saturated heterocycles. The van der Waals surface area contributed by atoms with Gasteiger partial charge in [-0.15, -0.1) is 6.58 Å². The van der Waals surface area contributed by atoms with Gasteiger partial charge in [-0.1, -0.05) is 6.08 Å². The molecule has 144 valence electrons. The van der Waals surface area contributed by atoms with E-state index in [0.717, 1.165) is 10.5 Å². The second-order valence-electron chi connectivity index (χ2n) is 6.25. The number of imide groups is 1. The zero-order chi connectivity index (χ0) is 20.4. The van der Waals surface area contributed by atoms with Crippen LogP contribution in [-0.4, -0.2) is 43.4 Å². The van der Waals surface area contributed by atoms with E-state index in [1.54, 1.807) is 12.1 Å². The molecular weight excluding hydrogens is 360 g/mol. The summed E-state index contributed by atoms with van der Waals surface area (Å²) in [6.07, 6.45) is 1.48. The smallest absolute Gasteiger partial charge is 0.261 e. The molecule has 0 aliphatic carbocycles. The second-order valence-corrected chi connectivity index (χ2v) is 6.25. The van der Waals surface area contributed by atoms with Crippen LogP contribution in [0.25, 0.3) is 0 Å². The molecule has 7 heteroatoms. The Morgan fingerprint density at radius 2 is 1.71 bits per heavy atom. The lowest BCUT2D eigenvalue weighted by Crippen LogP contribution is -2.29. The summed E-state index contributed by atoms with van der Waals surface area (Å²) in [4.78, 5) is 38.5. The first-order chi connectivity index (χ1) is 13.4. The highest BCUT2D eigenvalue weighted by atomic mass is 16.5. The van der Waals surface area contributed by atoms with Gasteiger partial charge in [0.05, 0.1) is 25.3 Å². The van der Waals surface area contributed by atoms with Gasteiger partial charge < -0.3 is 14.8 Å². The van der Waals surface area contributed by atoms with E-state index < -0.39 is 11.8 Å². The fourth-order valence-corrected chi connectivity index (χ4v) is 3.04. The van der Waals surface area contributed by atoms with Crippen molar-refractivity contribution in [2.45, 2.75) is 6.92 Å². The van der Waals surface area contributed by atoms with Gasteiger partial charge in [0.25, 0.3) is 17.7 Å². The molecule has 0 spiro atoms. The maximum Gasteiger partial charge on any atom is 0.261 e. The molecule has 1 heterocycles. The first-order valence-electron chi connectivity index (χ1n) is 8.56. The van der Waals surface area contributed by atoms with Crippen molar-refractivity contribution >= 4 is 23.4 Å². The number of nitrogens with zero attached hydrogens (tertiary/aromatic N) is 1. The number of ether oxygens (including phenoxy) is 2. The molecule has 1 aliphatic heterocycles. The minimum Gasteiger partial charge on any atom is -0.493 e. The summed E-state index contributed by atoms with van der Waals surface area (Å²) in [6.45, 7) is 5.51. The highest BCUT2D eigenvalue weighted by Gasteiger charge is 2.35. The summed E-state index contributed by atoms with van der Waals surface area (Å²) in [5.74, 6) is -0.180. The number of rotatable bonds is 6. The summed E-state index contributed by atoms with van der Waals surface area (Å²) in [7, 11) is 3.05. The van der Waals surface area contributed by atoms with Crippen molar-refractivity contribution in [3.05, 3.63) is 65.2 Å². The Bertz CT molecular complexity index is 997. The van der Waals surface area contributed by atoms with Gasteiger partial charge in [0.2, 0.25) is 0 Å². The van der Waals surface area contributed by atoms with Crippen molar-refractivity contribution in [2.75, 3.05) is 26.1 Å². The van der Waals surface area contributed by atoms with E-state index >= 15 is 0 Å². The van der Waals surface area contributed by atoms with Gasteiger partial charge >= 0.3 is 0 Å². The summed E-state index contributed by atoms with van der Waals surface area (Å²) in [5.41, 5.74) is 2.11. The minimum atomic E-state index is -0.433. The maximum absolute atomic E-state index is 12.7. The third kappa shape index (κ3) is 3.22. The lowest BCUT2D eigenvalue weighted by molar-refractivity contribution is 0.0672. The van der Waals surface area contributed by atoms with E-state index in [2.05, 4.69) is 11.9 Å². The van der Waals surface area contributed by atoms with Gasteiger partial charge in [-0.25, -0.2) is 0 Å². The highest BCUT2D eigenvalue weighted by molar-refractivity contribution is 6.22. The molecular formula is C21H20N2O5. The van der Waals surface area contributed by atoms with Crippen LogP contribution in [0.4, 0.5) is 5.69 Å². The predicted octanol–water partition coefficient (Wildman–Crippen LogP) is 3.05. The molecule has 0 fully saturated rings. The molecule has 0 unspecified atom stereocenters. The van der Waals surface area contributed by atoms with Crippen LogP contribution < -0.4 is 14.8 Å². The topological polar surface area (TPSA) is 84.9 Å². The van der Waals surface area contributed by atoms with Crippen LogP contribution in [0.1, 0.15) is 36.6 Å². The molecule has 3 rings (SSSR count). The van der Waals surface area contributed by atoms with Crippen molar-refractivity contribution in [3.63, 3.8) is 0 Å². The number of carbonyl (C=O) groups is 3. The third-order valence-corrected chi connectivity index (χ3v) is 4.52. The zero-order valence-corrected chi connectivity index (χ0v) is 15.9. The molecule has 2 aromatic carbocycles. The first kappa shape index (κ1) is 19.2. The normalized spacial score (nSPS) is 12.6. The van der Waals surface area contributed by atoms with Gasteiger partial charge in [0.1, 0.15) is 0 Å². The second kappa shape index (κ2) is 7.56. The van der Waals surface area contributed by atoms with Crippen LogP contribution in [0, 0.1) is 6.92 Å². The number of nitrogens with one attached hydrogen (secondary N) is 1. The number of methoxy groups -OCH3 is 2. The van der Waals surface area contributed by atoms with Gasteiger partial charge in [-0.3, -0.25) is 19.3 Å². The maximum atomic E-state index is 12.7. The van der Waals surface area contributed by atoms with Crippen LogP contribution in [0.5, 0.6) is 11.5 Å². The van der Waals surface area contributed by atoms with Crippen molar-refractivity contribution in [1.82, 2.24) is 4.90 Å². The molecule has 2 aromatic rings. The average Bonchev–Trinajstić information content (AvgIpc) is 2.93. The van der Waals surface area contributed by atoms with Gasteiger partial charge in [-0.05, 0) is 36.8 Å². The quantitative estimate of drug-likeness (QED) is 0.615. The summed E-state index contributed by atoms with van der Waals surface area (Å²) in [5, 5.41) is 2.81. The molecule has 0 atom stereocenters. The Labute approximate surface area is 162 Å². The van der Waals surface area contributed by atoms with Crippen LogP contribution >= 0.6 is 0 Å². The number of fused-ring (bicyclic) bond motifs is 1. The summed E-state index contributed by atoms with van der Waals surface area (Å²) in [6, 6.07) is 7.87. The van der Waals surface area contributed by atoms with Crippen LogP contribution in [0.2, 0.25) is 0 Å². The lowest BCUT2D eigenvalue weighted by atomic mass is 10.0. The molecule has 28 heavy (non-hydrogen) atoms. The summed E-state index contributed by atoms with van der Waals surface area (Å²) >= 11 is 0. The number of anilines is 1. The van der Waals surface area contributed by atoms with E-state index in [4.69, 9.17) is 9.47 Å². The fraction of sp³-hybridized carbons (Fsp3) is 0.190. The van der Waals surface area contributed by atoms with E-state index in [1.165, 1.54) is 38.5 Å². The Morgan fingerprint density at radius 1 is 1.07 bits per heavy atom. The third-order valence-electron chi connectivity index (χ3n) is 4.52. The largest absolute Gasteiger partial charge is 0.493 e. The Kier molecular flexibility index (Phi) is 5.17. The standard InChI is InChI=1S/C21H20N2O5/c1-5-8-23-20(25)14-7-6-13(10-15(14)21(23)26)19(24)22-16-11-18(28-4)17(27-3)9-12(16)2/h5-7,9-11H,1,8H2,2-4H3,(H,22,24). The van der Waals surface area contributed by atoms with Gasteiger partial charge in [0.15, 0.2) is 11.5 Å². The number of aryl methyl sites for hydroxylation is 1. The number of hydrogen-bond acceptors (Lipinski definition) is 5. The molecule has 0 aromatic heterocycles. The fourth-order valence-electron chi connectivity index (χ4n) is 3.04. The first-order valence-corrected chi connectivity index (χ1v) is 8.56. The SMILES string of the molecule is C=CCN1C(=O)c2ccc(C(=O)Nc3cc(OC)c(OC)cc3C)cc2C1=O. The van der Waals surface area contributed by atoms with E-state index in [0.29, 0.717) is 17.2 Å². The Balaban J connectivity index is 1.89. The Morgan fingerprint density at radius 3 is 2.36 bits per heavy atom. The summed E-state index contributed by atoms with van der Waals surface area (Å²) < 4.78 is 10.5. The zero-order valence-electron chi connectivity index (χ0n) is 15.9. The van der Waals surface area contributed by atoms with Crippen molar-refractivity contribution in [1.29, 1.82) is 0 Å². The van der Waals surface area contributed by atoms with E-state index in [1.807, 2.05) is 6.92 Å². The van der Waals surface area contributed by atoms with E-state index in [9.17, 15) is 14.4 Å². The van der Waals surface area contributed by atoms with Crippen molar-refractivity contribution in [2.24, 2.45) is 0 Å². The molecule has 3 amide bonds. The molecule has 7 nitrogen and oxygen atoms in total. The molecule has 0 bridgehead atoms. The molecule has 1 N–H and O–H groups in total. The molecule has 1 aliphatic rings. The van der Waals surface area contributed by atoms with Crippen LogP contribution in [0.3, 0.4) is 0 Å². The average molecular weight is 380 g/mol. The highest BCUT2D eigenvalue weighted by Crippen LogP contribution is 2.33. The van der Waals surface area contributed by atoms with Gasteiger partial charge in [0, 0.05) is 23.9 Å². The predicted molar refractivity (Wildman–Crippen MR) is 104 cm³/mol. The Hall–Kier alpha value is -3.61. The minimum absolute atomic E-state index is 0.124. The molecule has 0 saturated carbocycles. The van der Waals surface area contributed by atoms with Gasteiger partial charge in [-0.2, -0.15) is 0 Å². The molecule has 0 radical (unpaired) electrons. The van der Waals surface area contributed by atoms with Crippen LogP contribution in [-0.2, 0) is 0 Å². The lowest BCUT2D eigenvalue weighted by Gasteiger charge is -2.14. The van der Waals surface area contributed by atoms with Crippen molar-refractivity contribution in [3.8, 4) is 11.5 Å². The monoisotopic (exact) mass is 380 g/mol. The number of hydrogen-bond donors (Lipinski definition) is 1. The van der Waals surface area contributed by atoms with Crippen molar-refractivity contribution < 1.29 is 23.9 Å². The number of carbonyl (C=O) groups excluding carboxylic acids is 3.